The van der Waals surface area contributed by atoms with E-state index in [4.69, 9.17) is 10.5 Å². The van der Waals surface area contributed by atoms with Crippen LogP contribution in [0.2, 0.25) is 0 Å². The normalized spacial score (nSPS) is 12.1. The maximum atomic E-state index is 5.74. The van der Waals surface area contributed by atoms with Gasteiger partial charge in [-0.2, -0.15) is 0 Å². The highest BCUT2D eigenvalue weighted by molar-refractivity contribution is 5.24. The van der Waals surface area contributed by atoms with E-state index in [1.807, 2.05) is 13.8 Å². The quantitative estimate of drug-likeness (QED) is 0.829. The first-order chi connectivity index (χ1) is 7.44. The molecule has 90 valence electrons. The Kier molecular flexibility index (Phi) is 4.51. The molecule has 0 aliphatic carbocycles. The Morgan fingerprint density at radius 3 is 2.19 bits per heavy atom. The number of hydrogen-bond acceptors (Lipinski definition) is 2. The van der Waals surface area contributed by atoms with Crippen molar-refractivity contribution in [3.8, 4) is 0 Å². The van der Waals surface area contributed by atoms with E-state index in [0.29, 0.717) is 19.1 Å². The van der Waals surface area contributed by atoms with Crippen molar-refractivity contribution >= 4 is 0 Å². The van der Waals surface area contributed by atoms with Crippen LogP contribution in [0.1, 0.15) is 44.7 Å². The highest BCUT2D eigenvalue weighted by Crippen LogP contribution is 2.16. The van der Waals surface area contributed by atoms with Crippen LogP contribution in [0.4, 0.5) is 0 Å². The summed E-state index contributed by atoms with van der Waals surface area (Å²) in [6.07, 6.45) is 0. The molecular weight excluding hydrogens is 198 g/mol. The van der Waals surface area contributed by atoms with E-state index in [1.54, 1.807) is 0 Å². The molecule has 0 bridgehead atoms. The zero-order valence-electron chi connectivity index (χ0n) is 10.8. The molecule has 0 amide bonds. The minimum absolute atomic E-state index is 0.239. The molecule has 2 N–H and O–H groups in total. The molecule has 1 rings (SSSR count). The molecule has 1 aromatic carbocycles. The summed E-state index contributed by atoms with van der Waals surface area (Å²) in [5.41, 5.74) is 7.93. The minimum atomic E-state index is -0.239. The van der Waals surface area contributed by atoms with Gasteiger partial charge in [-0.15, -0.1) is 0 Å². The third-order valence-corrected chi connectivity index (χ3v) is 2.77. The Hall–Kier alpha value is -0.860. The van der Waals surface area contributed by atoms with Gasteiger partial charge in [-0.1, -0.05) is 38.1 Å². The average molecular weight is 221 g/mol. The first-order valence-electron chi connectivity index (χ1n) is 5.87. The van der Waals surface area contributed by atoms with E-state index in [2.05, 4.69) is 38.1 Å². The third-order valence-electron chi connectivity index (χ3n) is 2.77. The van der Waals surface area contributed by atoms with Crippen molar-refractivity contribution in [3.63, 3.8) is 0 Å². The lowest BCUT2D eigenvalue weighted by atomic mass is 10.0. The third kappa shape index (κ3) is 3.95. The van der Waals surface area contributed by atoms with Gasteiger partial charge < -0.3 is 10.5 Å². The summed E-state index contributed by atoms with van der Waals surface area (Å²) in [4.78, 5) is 0. The second-order valence-electron chi connectivity index (χ2n) is 5.15. The molecule has 0 radical (unpaired) electrons. The number of ether oxygens (including phenoxy) is 1. The molecule has 0 spiro atoms. The van der Waals surface area contributed by atoms with E-state index in [9.17, 15) is 0 Å². The molecular formula is C14H23NO. The molecule has 0 aliphatic heterocycles. The summed E-state index contributed by atoms with van der Waals surface area (Å²) >= 11 is 0. The van der Waals surface area contributed by atoms with Crippen LogP contribution in [0.5, 0.6) is 0 Å². The van der Waals surface area contributed by atoms with Crippen LogP contribution in [0.3, 0.4) is 0 Å². The van der Waals surface area contributed by atoms with Crippen molar-refractivity contribution in [1.82, 2.24) is 0 Å². The predicted octanol–water partition coefficient (Wildman–Crippen LogP) is 3.06. The van der Waals surface area contributed by atoms with Gasteiger partial charge in [0.05, 0.1) is 12.2 Å². The molecule has 0 saturated carbocycles. The lowest BCUT2D eigenvalue weighted by molar-refractivity contribution is -0.0222. The van der Waals surface area contributed by atoms with Gasteiger partial charge in [0.25, 0.3) is 0 Å². The van der Waals surface area contributed by atoms with E-state index in [1.165, 1.54) is 11.1 Å². The standard InChI is InChI=1S/C14H23NO/c1-11(2)13-7-5-12(6-8-13)9-16-14(3,4)10-15/h5-8,11H,9-10,15H2,1-4H3. The van der Waals surface area contributed by atoms with E-state index < -0.39 is 0 Å². The van der Waals surface area contributed by atoms with Crippen molar-refractivity contribution in [2.24, 2.45) is 5.73 Å². The maximum Gasteiger partial charge on any atom is 0.0752 e. The van der Waals surface area contributed by atoms with E-state index in [-0.39, 0.29) is 5.60 Å². The zero-order chi connectivity index (χ0) is 12.2. The molecule has 0 atom stereocenters. The number of hydrogen-bond donors (Lipinski definition) is 1. The molecule has 0 fully saturated rings. The highest BCUT2D eigenvalue weighted by atomic mass is 16.5. The minimum Gasteiger partial charge on any atom is -0.370 e. The van der Waals surface area contributed by atoms with Crippen LogP contribution in [0.25, 0.3) is 0 Å². The Morgan fingerprint density at radius 2 is 1.75 bits per heavy atom. The molecule has 2 heteroatoms. The van der Waals surface area contributed by atoms with Gasteiger partial charge in [0.1, 0.15) is 0 Å². The fraction of sp³-hybridized carbons (Fsp3) is 0.571. The predicted molar refractivity (Wildman–Crippen MR) is 68.5 cm³/mol. The van der Waals surface area contributed by atoms with Crippen LogP contribution in [-0.4, -0.2) is 12.1 Å². The fourth-order valence-electron chi connectivity index (χ4n) is 1.34. The fourth-order valence-corrected chi connectivity index (χ4v) is 1.34. The van der Waals surface area contributed by atoms with Crippen molar-refractivity contribution in [1.29, 1.82) is 0 Å². The smallest absolute Gasteiger partial charge is 0.0752 e. The van der Waals surface area contributed by atoms with E-state index in [0.717, 1.165) is 0 Å². The monoisotopic (exact) mass is 221 g/mol. The Bertz CT molecular complexity index is 314. The van der Waals surface area contributed by atoms with Crippen LogP contribution >= 0.6 is 0 Å². The summed E-state index contributed by atoms with van der Waals surface area (Å²) in [6, 6.07) is 8.58. The summed E-state index contributed by atoms with van der Waals surface area (Å²) < 4.78 is 5.74. The largest absolute Gasteiger partial charge is 0.370 e. The van der Waals surface area contributed by atoms with Crippen molar-refractivity contribution in [2.75, 3.05) is 6.54 Å². The maximum absolute atomic E-state index is 5.74. The molecule has 0 heterocycles. The van der Waals surface area contributed by atoms with Crippen LogP contribution < -0.4 is 5.73 Å². The Labute approximate surface area is 98.8 Å². The number of rotatable bonds is 5. The topological polar surface area (TPSA) is 35.2 Å². The van der Waals surface area contributed by atoms with Gasteiger partial charge in [-0.05, 0) is 30.9 Å². The van der Waals surface area contributed by atoms with Crippen molar-refractivity contribution < 1.29 is 4.74 Å². The van der Waals surface area contributed by atoms with E-state index >= 15 is 0 Å². The molecule has 1 aromatic rings. The summed E-state index contributed by atoms with van der Waals surface area (Å²) in [6.45, 7) is 9.58. The first kappa shape index (κ1) is 13.2. The number of benzene rings is 1. The Balaban J connectivity index is 2.56. The van der Waals surface area contributed by atoms with Crippen LogP contribution in [0, 0.1) is 0 Å². The summed E-state index contributed by atoms with van der Waals surface area (Å²) in [5, 5.41) is 0. The van der Waals surface area contributed by atoms with Gasteiger partial charge in [0, 0.05) is 6.54 Å². The molecule has 2 nitrogen and oxygen atoms in total. The van der Waals surface area contributed by atoms with Crippen LogP contribution in [-0.2, 0) is 11.3 Å². The first-order valence-corrected chi connectivity index (χ1v) is 5.87. The number of nitrogens with two attached hydrogens (primary N) is 1. The van der Waals surface area contributed by atoms with Gasteiger partial charge in [0.15, 0.2) is 0 Å². The second-order valence-corrected chi connectivity index (χ2v) is 5.15. The van der Waals surface area contributed by atoms with Gasteiger partial charge >= 0.3 is 0 Å². The lowest BCUT2D eigenvalue weighted by Gasteiger charge is -2.23. The summed E-state index contributed by atoms with van der Waals surface area (Å²) in [5.74, 6) is 0.579. The van der Waals surface area contributed by atoms with Gasteiger partial charge in [0.2, 0.25) is 0 Å². The molecule has 16 heavy (non-hydrogen) atoms. The lowest BCUT2D eigenvalue weighted by Crippen LogP contribution is -2.33. The molecule has 0 aliphatic rings. The highest BCUT2D eigenvalue weighted by Gasteiger charge is 2.15. The van der Waals surface area contributed by atoms with Gasteiger partial charge in [-0.25, -0.2) is 0 Å². The van der Waals surface area contributed by atoms with Gasteiger partial charge in [-0.3, -0.25) is 0 Å². The average Bonchev–Trinajstić information content (AvgIpc) is 2.27. The van der Waals surface area contributed by atoms with Crippen LogP contribution in [0.15, 0.2) is 24.3 Å². The Morgan fingerprint density at radius 1 is 1.19 bits per heavy atom. The second kappa shape index (κ2) is 5.46. The van der Waals surface area contributed by atoms with Crippen molar-refractivity contribution in [2.45, 2.75) is 45.8 Å². The summed E-state index contributed by atoms with van der Waals surface area (Å²) in [7, 11) is 0. The zero-order valence-corrected chi connectivity index (χ0v) is 10.8. The molecule has 0 aromatic heterocycles. The SMILES string of the molecule is CC(C)c1ccc(COC(C)(C)CN)cc1. The van der Waals surface area contributed by atoms with Crippen molar-refractivity contribution in [3.05, 3.63) is 35.4 Å². The molecule has 0 saturated heterocycles. The molecule has 0 unspecified atom stereocenters.